The second-order valence-corrected chi connectivity index (χ2v) is 9.13. The lowest BCUT2D eigenvalue weighted by Gasteiger charge is -2.54. The summed E-state index contributed by atoms with van der Waals surface area (Å²) in [6.45, 7) is 0. The number of halogens is 2. The van der Waals surface area contributed by atoms with Crippen molar-refractivity contribution in [2.75, 3.05) is 5.32 Å². The van der Waals surface area contributed by atoms with E-state index in [9.17, 15) is 13.6 Å². The van der Waals surface area contributed by atoms with Crippen LogP contribution in [0.25, 0.3) is 10.2 Å². The third kappa shape index (κ3) is 2.75. The molecule has 4 aliphatic rings. The van der Waals surface area contributed by atoms with Gasteiger partial charge in [0, 0.05) is 12.5 Å². The first kappa shape index (κ1) is 15.7. The van der Waals surface area contributed by atoms with E-state index in [0.29, 0.717) is 34.0 Å². The molecule has 4 fully saturated rings. The average Bonchev–Trinajstić information content (AvgIpc) is 2.92. The van der Waals surface area contributed by atoms with E-state index in [0.717, 1.165) is 29.2 Å². The zero-order chi connectivity index (χ0) is 17.1. The molecule has 132 valence electrons. The maximum absolute atomic E-state index is 13.8. The molecule has 0 saturated heterocycles. The van der Waals surface area contributed by atoms with Gasteiger partial charge in [-0.1, -0.05) is 11.3 Å². The number of aromatic nitrogens is 1. The molecule has 4 bridgehead atoms. The van der Waals surface area contributed by atoms with Gasteiger partial charge in [0.2, 0.25) is 5.91 Å². The first-order valence-electron chi connectivity index (χ1n) is 9.10. The molecule has 4 aliphatic carbocycles. The summed E-state index contributed by atoms with van der Waals surface area (Å²) in [6.07, 6.45) is 7.08. The minimum absolute atomic E-state index is 0.0441. The number of hydrogen-bond donors (Lipinski definition) is 1. The standard InChI is InChI=1S/C19H20F2N2OS/c20-13-6-15(21)18-16(7-13)25-19(23-18)22-17(24)8-14-11-2-9-1-10(4-11)5-12(14)3-9/h6-7,9-12,14H,1-5,8H2,(H,22,23,24). The van der Waals surface area contributed by atoms with Crippen molar-refractivity contribution in [3.8, 4) is 0 Å². The third-order valence-corrected chi connectivity index (χ3v) is 7.42. The quantitative estimate of drug-likeness (QED) is 0.837. The summed E-state index contributed by atoms with van der Waals surface area (Å²) in [5, 5.41) is 3.17. The van der Waals surface area contributed by atoms with Gasteiger partial charge in [0.05, 0.1) is 4.70 Å². The van der Waals surface area contributed by atoms with Crippen LogP contribution in [0.3, 0.4) is 0 Å². The molecule has 4 saturated carbocycles. The number of carbonyl (C=O) groups excluding carboxylic acids is 1. The maximum Gasteiger partial charge on any atom is 0.226 e. The van der Waals surface area contributed by atoms with Gasteiger partial charge in [-0.15, -0.1) is 0 Å². The highest BCUT2D eigenvalue weighted by molar-refractivity contribution is 7.22. The van der Waals surface area contributed by atoms with E-state index in [1.165, 1.54) is 38.2 Å². The molecule has 25 heavy (non-hydrogen) atoms. The third-order valence-electron chi connectivity index (χ3n) is 6.50. The predicted molar refractivity (Wildman–Crippen MR) is 93.3 cm³/mol. The molecule has 1 aromatic heterocycles. The van der Waals surface area contributed by atoms with Crippen LogP contribution in [-0.4, -0.2) is 10.9 Å². The monoisotopic (exact) mass is 362 g/mol. The van der Waals surface area contributed by atoms with E-state index in [2.05, 4.69) is 10.3 Å². The van der Waals surface area contributed by atoms with Crippen molar-refractivity contribution in [2.45, 2.75) is 38.5 Å². The summed E-state index contributed by atoms with van der Waals surface area (Å²) < 4.78 is 27.5. The number of anilines is 1. The molecular formula is C19H20F2N2OS. The Morgan fingerprint density at radius 2 is 1.80 bits per heavy atom. The number of nitrogens with zero attached hydrogens (tertiary/aromatic N) is 1. The smallest absolute Gasteiger partial charge is 0.226 e. The van der Waals surface area contributed by atoms with Crippen molar-refractivity contribution in [1.29, 1.82) is 0 Å². The van der Waals surface area contributed by atoms with E-state index in [1.54, 1.807) is 0 Å². The highest BCUT2D eigenvalue weighted by atomic mass is 32.1. The number of hydrogen-bond acceptors (Lipinski definition) is 3. The van der Waals surface area contributed by atoms with Crippen LogP contribution in [0.15, 0.2) is 12.1 Å². The lowest BCUT2D eigenvalue weighted by Crippen LogP contribution is -2.46. The number of nitrogens with one attached hydrogen (secondary N) is 1. The number of carbonyl (C=O) groups is 1. The summed E-state index contributed by atoms with van der Waals surface area (Å²) in [4.78, 5) is 16.6. The molecule has 2 aromatic rings. The largest absolute Gasteiger partial charge is 0.302 e. The van der Waals surface area contributed by atoms with Gasteiger partial charge >= 0.3 is 0 Å². The molecule has 1 amide bonds. The van der Waals surface area contributed by atoms with Gasteiger partial charge in [0.1, 0.15) is 11.3 Å². The Balaban J connectivity index is 1.30. The van der Waals surface area contributed by atoms with Crippen LogP contribution in [0.1, 0.15) is 38.5 Å². The Labute approximate surface area is 148 Å². The van der Waals surface area contributed by atoms with Crippen molar-refractivity contribution in [1.82, 2.24) is 4.98 Å². The van der Waals surface area contributed by atoms with Crippen LogP contribution >= 0.6 is 11.3 Å². The maximum atomic E-state index is 13.8. The minimum atomic E-state index is -0.687. The fourth-order valence-corrected chi connectivity index (χ4v) is 6.69. The Bertz CT molecular complexity index is 821. The van der Waals surface area contributed by atoms with Gasteiger partial charge in [-0.2, -0.15) is 0 Å². The van der Waals surface area contributed by atoms with Crippen LogP contribution in [0, 0.1) is 41.2 Å². The van der Waals surface area contributed by atoms with Crippen LogP contribution in [-0.2, 0) is 4.79 Å². The molecule has 0 spiro atoms. The lowest BCUT2D eigenvalue weighted by atomic mass is 9.51. The molecule has 1 heterocycles. The van der Waals surface area contributed by atoms with E-state index < -0.39 is 11.6 Å². The summed E-state index contributed by atoms with van der Waals surface area (Å²) in [6, 6.07) is 2.08. The number of amides is 1. The van der Waals surface area contributed by atoms with Crippen LogP contribution in [0.2, 0.25) is 0 Å². The van der Waals surface area contributed by atoms with E-state index in [-0.39, 0.29) is 11.4 Å². The SMILES string of the molecule is O=C(CC1C2CC3CC(C2)CC1C3)Nc1nc2c(F)cc(F)cc2s1. The predicted octanol–water partition coefficient (Wildman–Crippen LogP) is 4.98. The summed E-state index contributed by atoms with van der Waals surface area (Å²) in [7, 11) is 0. The molecule has 0 radical (unpaired) electrons. The minimum Gasteiger partial charge on any atom is -0.302 e. The zero-order valence-electron chi connectivity index (χ0n) is 13.8. The average molecular weight is 362 g/mol. The number of rotatable bonds is 3. The number of fused-ring (bicyclic) bond motifs is 1. The topological polar surface area (TPSA) is 42.0 Å². The first-order valence-corrected chi connectivity index (χ1v) is 9.92. The summed E-state index contributed by atoms with van der Waals surface area (Å²) in [5.74, 6) is 2.31. The molecule has 3 nitrogen and oxygen atoms in total. The fraction of sp³-hybridized carbons (Fsp3) is 0.579. The second-order valence-electron chi connectivity index (χ2n) is 8.10. The van der Waals surface area contributed by atoms with Gasteiger partial charge < -0.3 is 5.32 Å². The number of thiazole rings is 1. The highest BCUT2D eigenvalue weighted by Crippen LogP contribution is 2.57. The molecule has 1 aromatic carbocycles. The zero-order valence-corrected chi connectivity index (χ0v) is 14.6. The molecule has 0 unspecified atom stereocenters. The van der Waals surface area contributed by atoms with E-state index in [4.69, 9.17) is 0 Å². The van der Waals surface area contributed by atoms with Crippen LogP contribution < -0.4 is 5.32 Å². The van der Waals surface area contributed by atoms with Crippen LogP contribution in [0.5, 0.6) is 0 Å². The Morgan fingerprint density at radius 3 is 2.48 bits per heavy atom. The van der Waals surface area contributed by atoms with Crippen molar-refractivity contribution in [3.05, 3.63) is 23.8 Å². The van der Waals surface area contributed by atoms with Gasteiger partial charge in [-0.05, 0) is 67.8 Å². The van der Waals surface area contributed by atoms with Crippen molar-refractivity contribution in [3.63, 3.8) is 0 Å². The summed E-state index contributed by atoms with van der Waals surface area (Å²) >= 11 is 1.12. The molecular weight excluding hydrogens is 342 g/mol. The van der Waals surface area contributed by atoms with E-state index >= 15 is 0 Å². The Hall–Kier alpha value is -1.56. The van der Waals surface area contributed by atoms with Gasteiger partial charge in [0.15, 0.2) is 10.9 Å². The highest BCUT2D eigenvalue weighted by Gasteiger charge is 2.48. The first-order chi connectivity index (χ1) is 12.0. The van der Waals surface area contributed by atoms with Crippen molar-refractivity contribution in [2.24, 2.45) is 29.6 Å². The van der Waals surface area contributed by atoms with Crippen molar-refractivity contribution >= 4 is 32.6 Å². The molecule has 6 rings (SSSR count). The van der Waals surface area contributed by atoms with Gasteiger partial charge in [0.25, 0.3) is 0 Å². The summed E-state index contributed by atoms with van der Waals surface area (Å²) in [5.41, 5.74) is 0.122. The normalized spacial score (nSPS) is 33.1. The Kier molecular flexibility index (Phi) is 3.59. The molecule has 6 heteroatoms. The molecule has 0 atom stereocenters. The Morgan fingerprint density at radius 1 is 1.12 bits per heavy atom. The van der Waals surface area contributed by atoms with Gasteiger partial charge in [-0.25, -0.2) is 13.8 Å². The molecule has 1 N–H and O–H groups in total. The van der Waals surface area contributed by atoms with Gasteiger partial charge in [-0.3, -0.25) is 4.79 Å². The molecule has 0 aliphatic heterocycles. The lowest BCUT2D eigenvalue weighted by molar-refractivity contribution is -0.121. The second kappa shape index (κ2) is 5.73. The fourth-order valence-electron chi connectivity index (χ4n) is 5.77. The van der Waals surface area contributed by atoms with E-state index in [1.807, 2.05) is 0 Å². The van der Waals surface area contributed by atoms with Crippen molar-refractivity contribution < 1.29 is 13.6 Å². The number of benzene rings is 1. The van der Waals surface area contributed by atoms with Crippen LogP contribution in [0.4, 0.5) is 13.9 Å².